The summed E-state index contributed by atoms with van der Waals surface area (Å²) in [6.45, 7) is 7.20. The van der Waals surface area contributed by atoms with Crippen LogP contribution >= 0.6 is 24.0 Å². The van der Waals surface area contributed by atoms with Crippen molar-refractivity contribution in [1.82, 2.24) is 15.5 Å². The van der Waals surface area contributed by atoms with Crippen molar-refractivity contribution in [2.24, 2.45) is 16.3 Å². The minimum atomic E-state index is -0.0339. The zero-order chi connectivity index (χ0) is 22.1. The van der Waals surface area contributed by atoms with Gasteiger partial charge in [-0.25, -0.2) is 0 Å². The lowest BCUT2D eigenvalue weighted by Gasteiger charge is -2.40. The fourth-order valence-corrected chi connectivity index (χ4v) is 4.91. The molecular formula is C24H41IN4O3. The Hall–Kier alpha value is -1.10. The zero-order valence-corrected chi connectivity index (χ0v) is 22.1. The standard InChI is InChI=1S/C24H40N4O3.HI/c1-4-25-23(27-17-24(11-14-29)12-15-31-18-24)26-16-20-6-5-13-28(2)22(20)19-7-9-21(30-3)10-8-19;/h7-10,20,22,29H,4-6,11-18H2,1-3H3,(H2,25,26,27);1H. The molecule has 0 bridgehead atoms. The van der Waals surface area contributed by atoms with Gasteiger partial charge in [0, 0.05) is 37.8 Å². The average Bonchev–Trinajstić information content (AvgIpc) is 3.25. The topological polar surface area (TPSA) is 78.4 Å². The minimum absolute atomic E-state index is 0. The van der Waals surface area contributed by atoms with Crippen molar-refractivity contribution in [3.05, 3.63) is 29.8 Å². The second-order valence-electron chi connectivity index (χ2n) is 8.95. The van der Waals surface area contributed by atoms with Crippen LogP contribution in [-0.4, -0.2) is 76.1 Å². The molecule has 3 rings (SSSR count). The van der Waals surface area contributed by atoms with Crippen molar-refractivity contribution >= 4 is 29.9 Å². The molecule has 0 aliphatic carbocycles. The number of likely N-dealkylation sites (tertiary alicyclic amines) is 1. The monoisotopic (exact) mass is 560 g/mol. The van der Waals surface area contributed by atoms with Crippen molar-refractivity contribution in [2.45, 2.75) is 38.6 Å². The predicted octanol–water partition coefficient (Wildman–Crippen LogP) is 3.04. The number of methoxy groups -OCH3 is 1. The van der Waals surface area contributed by atoms with Crippen LogP contribution in [0.2, 0.25) is 0 Å². The number of aliphatic imine (C=N–C) groups is 1. The largest absolute Gasteiger partial charge is 0.497 e. The fourth-order valence-electron chi connectivity index (χ4n) is 4.91. The van der Waals surface area contributed by atoms with Crippen LogP contribution < -0.4 is 15.4 Å². The molecule has 0 spiro atoms. The normalized spacial score (nSPS) is 26.4. The first kappa shape index (κ1) is 27.1. The summed E-state index contributed by atoms with van der Waals surface area (Å²) in [6.07, 6.45) is 4.10. The Bertz CT molecular complexity index is 695. The number of halogens is 1. The van der Waals surface area contributed by atoms with Crippen LogP contribution in [0.4, 0.5) is 0 Å². The van der Waals surface area contributed by atoms with Crippen LogP contribution in [0.15, 0.2) is 29.3 Å². The molecule has 2 saturated heterocycles. The van der Waals surface area contributed by atoms with Crippen molar-refractivity contribution in [3.63, 3.8) is 0 Å². The predicted molar refractivity (Wildman–Crippen MR) is 140 cm³/mol. The number of guanidine groups is 1. The van der Waals surface area contributed by atoms with Crippen LogP contribution in [0, 0.1) is 11.3 Å². The van der Waals surface area contributed by atoms with Gasteiger partial charge in [0.1, 0.15) is 5.75 Å². The molecule has 2 heterocycles. The molecule has 0 saturated carbocycles. The van der Waals surface area contributed by atoms with Crippen LogP contribution in [0.5, 0.6) is 5.75 Å². The summed E-state index contributed by atoms with van der Waals surface area (Å²) < 4.78 is 11.0. The van der Waals surface area contributed by atoms with Gasteiger partial charge in [-0.2, -0.15) is 0 Å². The Balaban J connectivity index is 0.00000363. The summed E-state index contributed by atoms with van der Waals surface area (Å²) in [5.74, 6) is 2.25. The molecule has 0 amide bonds. The third kappa shape index (κ3) is 7.20. The SMILES string of the molecule is CCNC(=NCC1(CCO)CCOC1)NCC1CCCN(C)C1c1ccc(OC)cc1.I. The van der Waals surface area contributed by atoms with Gasteiger partial charge in [0.2, 0.25) is 0 Å². The molecule has 182 valence electrons. The number of rotatable bonds is 9. The highest BCUT2D eigenvalue weighted by Crippen LogP contribution is 2.35. The molecule has 0 aromatic heterocycles. The van der Waals surface area contributed by atoms with Crippen LogP contribution in [0.25, 0.3) is 0 Å². The molecule has 3 atom stereocenters. The van der Waals surface area contributed by atoms with Gasteiger partial charge in [-0.15, -0.1) is 24.0 Å². The van der Waals surface area contributed by atoms with Gasteiger partial charge in [0.05, 0.1) is 20.3 Å². The molecule has 3 N–H and O–H groups in total. The lowest BCUT2D eigenvalue weighted by Crippen LogP contribution is -2.45. The number of aliphatic hydroxyl groups excluding tert-OH is 1. The van der Waals surface area contributed by atoms with E-state index in [0.717, 1.165) is 50.8 Å². The molecule has 2 aliphatic heterocycles. The lowest BCUT2D eigenvalue weighted by molar-refractivity contribution is 0.122. The van der Waals surface area contributed by atoms with Crippen molar-refractivity contribution in [3.8, 4) is 5.75 Å². The van der Waals surface area contributed by atoms with Gasteiger partial charge in [0.25, 0.3) is 0 Å². The lowest BCUT2D eigenvalue weighted by atomic mass is 9.84. The van der Waals surface area contributed by atoms with E-state index in [9.17, 15) is 5.11 Å². The molecule has 1 aromatic carbocycles. The minimum Gasteiger partial charge on any atom is -0.497 e. The number of hydrogen-bond acceptors (Lipinski definition) is 5. The Labute approximate surface area is 210 Å². The number of hydrogen-bond donors (Lipinski definition) is 3. The second-order valence-corrected chi connectivity index (χ2v) is 8.95. The van der Waals surface area contributed by atoms with E-state index in [4.69, 9.17) is 14.5 Å². The summed E-state index contributed by atoms with van der Waals surface area (Å²) in [6, 6.07) is 8.86. The van der Waals surface area contributed by atoms with Crippen molar-refractivity contribution < 1.29 is 14.6 Å². The van der Waals surface area contributed by atoms with E-state index < -0.39 is 0 Å². The maximum absolute atomic E-state index is 9.48. The second kappa shape index (κ2) is 13.6. The van der Waals surface area contributed by atoms with Crippen LogP contribution in [-0.2, 0) is 4.74 Å². The number of piperidine rings is 1. The first-order valence-electron chi connectivity index (χ1n) is 11.7. The maximum atomic E-state index is 9.48. The van der Waals surface area contributed by atoms with Crippen molar-refractivity contribution in [1.29, 1.82) is 0 Å². The van der Waals surface area contributed by atoms with Gasteiger partial charge < -0.3 is 25.2 Å². The Morgan fingerprint density at radius 1 is 1.31 bits per heavy atom. The van der Waals surface area contributed by atoms with Crippen molar-refractivity contribution in [2.75, 3.05) is 60.2 Å². The molecule has 32 heavy (non-hydrogen) atoms. The Kier molecular flexibility index (Phi) is 11.5. The molecule has 3 unspecified atom stereocenters. The summed E-state index contributed by atoms with van der Waals surface area (Å²) in [5, 5.41) is 16.5. The molecular weight excluding hydrogens is 519 g/mol. The van der Waals surface area contributed by atoms with E-state index in [1.165, 1.54) is 18.4 Å². The van der Waals surface area contributed by atoms with Gasteiger partial charge in [-0.3, -0.25) is 9.89 Å². The van der Waals surface area contributed by atoms with Crippen LogP contribution in [0.1, 0.15) is 44.2 Å². The van der Waals surface area contributed by atoms with E-state index in [1.54, 1.807) is 7.11 Å². The Morgan fingerprint density at radius 3 is 2.72 bits per heavy atom. The number of nitrogens with one attached hydrogen (secondary N) is 2. The quantitative estimate of drug-likeness (QED) is 0.245. The van der Waals surface area contributed by atoms with Gasteiger partial charge >= 0.3 is 0 Å². The molecule has 2 fully saturated rings. The van der Waals surface area contributed by atoms with E-state index in [-0.39, 0.29) is 36.0 Å². The fraction of sp³-hybridized carbons (Fsp3) is 0.708. The summed E-state index contributed by atoms with van der Waals surface area (Å²) >= 11 is 0. The van der Waals surface area contributed by atoms with E-state index in [1.807, 2.05) is 0 Å². The van der Waals surface area contributed by atoms with Crippen LogP contribution in [0.3, 0.4) is 0 Å². The Morgan fingerprint density at radius 2 is 2.09 bits per heavy atom. The number of benzene rings is 1. The number of aliphatic hydroxyl groups is 1. The molecule has 7 nitrogen and oxygen atoms in total. The highest BCUT2D eigenvalue weighted by molar-refractivity contribution is 14.0. The van der Waals surface area contributed by atoms with Gasteiger partial charge in [-0.1, -0.05) is 12.1 Å². The zero-order valence-electron chi connectivity index (χ0n) is 19.8. The molecule has 8 heteroatoms. The third-order valence-electron chi connectivity index (χ3n) is 6.74. The average molecular weight is 561 g/mol. The van der Waals surface area contributed by atoms with E-state index in [2.05, 4.69) is 53.8 Å². The summed E-state index contributed by atoms with van der Waals surface area (Å²) in [5.41, 5.74) is 1.30. The molecule has 2 aliphatic rings. The maximum Gasteiger partial charge on any atom is 0.191 e. The third-order valence-corrected chi connectivity index (χ3v) is 6.74. The van der Waals surface area contributed by atoms with E-state index >= 15 is 0 Å². The van der Waals surface area contributed by atoms with Gasteiger partial charge in [0.15, 0.2) is 5.96 Å². The smallest absolute Gasteiger partial charge is 0.191 e. The van der Waals surface area contributed by atoms with E-state index in [0.29, 0.717) is 25.1 Å². The molecule has 1 aromatic rings. The number of ether oxygens (including phenoxy) is 2. The first-order chi connectivity index (χ1) is 15.1. The molecule has 0 radical (unpaired) electrons. The highest BCUT2D eigenvalue weighted by atomic mass is 127. The number of nitrogens with zero attached hydrogens (tertiary/aromatic N) is 2. The van der Waals surface area contributed by atoms with Gasteiger partial charge in [-0.05, 0) is 69.8 Å². The highest BCUT2D eigenvalue weighted by Gasteiger charge is 2.34. The first-order valence-corrected chi connectivity index (χ1v) is 11.7. The summed E-state index contributed by atoms with van der Waals surface area (Å²) in [4.78, 5) is 7.35. The summed E-state index contributed by atoms with van der Waals surface area (Å²) in [7, 11) is 3.93.